The molecule has 22 heavy (non-hydrogen) atoms. The third-order valence-corrected chi connectivity index (χ3v) is 3.26. The van der Waals surface area contributed by atoms with E-state index in [1.807, 2.05) is 6.92 Å². The van der Waals surface area contributed by atoms with Gasteiger partial charge in [0.25, 0.3) is 0 Å². The summed E-state index contributed by atoms with van der Waals surface area (Å²) in [6.07, 6.45) is 6.03. The fourth-order valence-electron chi connectivity index (χ4n) is 2.04. The van der Waals surface area contributed by atoms with Gasteiger partial charge in [-0.3, -0.25) is 4.89 Å². The van der Waals surface area contributed by atoms with Crippen molar-refractivity contribution in [2.45, 2.75) is 46.0 Å². The van der Waals surface area contributed by atoms with Crippen LogP contribution in [0.5, 0.6) is 11.5 Å². The molecule has 5 nitrogen and oxygen atoms in total. The van der Waals surface area contributed by atoms with Crippen LogP contribution >= 0.6 is 0 Å². The lowest BCUT2D eigenvalue weighted by atomic mass is 10.1. The summed E-state index contributed by atoms with van der Waals surface area (Å²) in [5.41, 5.74) is 0.264. The monoisotopic (exact) mass is 309 g/mol. The smallest absolute Gasteiger partial charge is 0.376 e. The van der Waals surface area contributed by atoms with E-state index >= 15 is 0 Å². The highest BCUT2D eigenvalue weighted by molar-refractivity contribution is 5.93. The van der Waals surface area contributed by atoms with Gasteiger partial charge in [-0.05, 0) is 25.5 Å². The van der Waals surface area contributed by atoms with Gasteiger partial charge in [0.2, 0.25) is 0 Å². The first-order valence-electron chi connectivity index (χ1n) is 7.56. The van der Waals surface area contributed by atoms with E-state index in [9.17, 15) is 4.79 Å². The van der Waals surface area contributed by atoms with Crippen LogP contribution in [0.25, 0.3) is 0 Å². The first-order valence-corrected chi connectivity index (χ1v) is 7.56. The van der Waals surface area contributed by atoms with Gasteiger partial charge in [0.1, 0.15) is 11.7 Å². The van der Waals surface area contributed by atoms with Crippen LogP contribution < -0.4 is 9.47 Å². The lowest BCUT2D eigenvalue weighted by molar-refractivity contribution is -0.233. The van der Waals surface area contributed by atoms with Crippen molar-refractivity contribution >= 4 is 5.97 Å². The van der Waals surface area contributed by atoms with Gasteiger partial charge in [0.15, 0.2) is 11.5 Å². The van der Waals surface area contributed by atoms with Crippen molar-refractivity contribution in [3.05, 3.63) is 29.9 Å². The van der Waals surface area contributed by atoms with Gasteiger partial charge in [-0.25, -0.2) is 4.79 Å². The van der Waals surface area contributed by atoms with Gasteiger partial charge < -0.3 is 9.47 Å². The number of hydrogen-bond donors (Lipinski definition) is 0. The van der Waals surface area contributed by atoms with Gasteiger partial charge in [-0.2, -0.15) is 4.89 Å². The molecule has 0 aliphatic rings. The zero-order valence-electron chi connectivity index (χ0n) is 13.8. The normalized spacial score (nSPS) is 10.6. The van der Waals surface area contributed by atoms with Crippen LogP contribution in [-0.2, 0) is 9.78 Å². The number of para-hydroxylation sites is 1. The quantitative estimate of drug-likeness (QED) is 0.366. The molecule has 0 aromatic heterocycles. The van der Waals surface area contributed by atoms with Gasteiger partial charge >= 0.3 is 5.97 Å². The summed E-state index contributed by atoms with van der Waals surface area (Å²) in [4.78, 5) is 22.0. The van der Waals surface area contributed by atoms with Crippen molar-refractivity contribution in [2.24, 2.45) is 0 Å². The molecule has 0 unspecified atom stereocenters. The first-order chi connectivity index (χ1) is 10.6. The Labute approximate surface area is 132 Å². The molecule has 0 spiro atoms. The Morgan fingerprint density at radius 1 is 1.05 bits per heavy atom. The number of carbonyl (C=O) groups is 1. The molecule has 0 fully saturated rings. The maximum absolute atomic E-state index is 12.1. The van der Waals surface area contributed by atoms with Crippen molar-refractivity contribution < 1.29 is 24.0 Å². The molecule has 1 aromatic carbocycles. The minimum Gasteiger partial charge on any atom is -0.493 e. The van der Waals surface area contributed by atoms with Crippen LogP contribution in [0, 0.1) is 6.10 Å². The maximum Gasteiger partial charge on any atom is 0.376 e. The predicted octanol–water partition coefficient (Wildman–Crippen LogP) is 4.31. The van der Waals surface area contributed by atoms with Gasteiger partial charge in [-0.1, -0.05) is 38.7 Å². The minimum atomic E-state index is -0.608. The van der Waals surface area contributed by atoms with E-state index in [4.69, 9.17) is 19.2 Å². The Morgan fingerprint density at radius 2 is 1.82 bits per heavy atom. The molecule has 5 heteroatoms. The van der Waals surface area contributed by atoms with Crippen molar-refractivity contribution in [3.8, 4) is 11.5 Å². The van der Waals surface area contributed by atoms with E-state index in [-0.39, 0.29) is 5.56 Å². The summed E-state index contributed by atoms with van der Waals surface area (Å²) in [6.45, 7) is 3.97. The average Bonchev–Trinajstić information content (AvgIpc) is 2.55. The van der Waals surface area contributed by atoms with Crippen LogP contribution in [0.15, 0.2) is 18.2 Å². The fraction of sp³-hybridized carbons (Fsp3) is 0.529. The van der Waals surface area contributed by atoms with Crippen molar-refractivity contribution in [1.82, 2.24) is 0 Å². The Morgan fingerprint density at radius 3 is 2.45 bits per heavy atom. The lowest BCUT2D eigenvalue weighted by Crippen LogP contribution is -2.10. The summed E-state index contributed by atoms with van der Waals surface area (Å²) in [6, 6.07) is 5.00. The second kappa shape index (κ2) is 10.1. The van der Waals surface area contributed by atoms with E-state index in [1.54, 1.807) is 18.2 Å². The number of hydrogen-bond acceptors (Lipinski definition) is 5. The van der Waals surface area contributed by atoms with E-state index in [0.717, 1.165) is 19.3 Å². The van der Waals surface area contributed by atoms with E-state index in [1.165, 1.54) is 27.1 Å². The molecule has 1 aromatic rings. The second-order valence-corrected chi connectivity index (χ2v) is 5.01. The van der Waals surface area contributed by atoms with Crippen LogP contribution in [0.1, 0.15) is 56.3 Å². The van der Waals surface area contributed by atoms with Gasteiger partial charge in [-0.15, -0.1) is 0 Å². The number of methoxy groups -OCH3 is 2. The molecule has 0 bridgehead atoms. The molecule has 0 amide bonds. The molecule has 0 atom stereocenters. The molecule has 0 aliphatic heterocycles. The Hall–Kier alpha value is -1.75. The molecule has 0 saturated heterocycles. The number of unbranched alkanes of at least 4 members (excludes halogenated alkanes) is 3. The SMILES string of the molecule is CCCCCC[C](C)OOC(=O)c1cccc(OC)c1OC. The summed E-state index contributed by atoms with van der Waals surface area (Å²) >= 11 is 0. The predicted molar refractivity (Wildman–Crippen MR) is 83.7 cm³/mol. The summed E-state index contributed by atoms with van der Waals surface area (Å²) in [5, 5.41) is 0. The standard InChI is InChI=1S/C17H25O5/c1-5-6-7-8-10-13(2)21-22-17(18)14-11-9-12-15(19-3)16(14)20-4/h9,11-12H,5-8,10H2,1-4H3. The zero-order chi connectivity index (χ0) is 16.4. The third-order valence-electron chi connectivity index (χ3n) is 3.26. The highest BCUT2D eigenvalue weighted by Crippen LogP contribution is 2.31. The van der Waals surface area contributed by atoms with Crippen LogP contribution in [-0.4, -0.2) is 20.2 Å². The van der Waals surface area contributed by atoms with E-state index in [2.05, 4.69) is 6.92 Å². The Bertz CT molecular complexity index is 458. The summed E-state index contributed by atoms with van der Waals surface area (Å²) in [7, 11) is 2.98. The molecular formula is C17H25O5. The Balaban J connectivity index is 2.52. The molecule has 0 aliphatic carbocycles. The largest absolute Gasteiger partial charge is 0.493 e. The van der Waals surface area contributed by atoms with E-state index in [0.29, 0.717) is 17.6 Å². The maximum atomic E-state index is 12.1. The van der Waals surface area contributed by atoms with Gasteiger partial charge in [0.05, 0.1) is 14.2 Å². The molecule has 1 rings (SSSR count). The Kier molecular flexibility index (Phi) is 8.36. The van der Waals surface area contributed by atoms with Crippen molar-refractivity contribution in [2.75, 3.05) is 14.2 Å². The molecule has 0 heterocycles. The highest BCUT2D eigenvalue weighted by atomic mass is 17.2. The minimum absolute atomic E-state index is 0.264. The van der Waals surface area contributed by atoms with Crippen molar-refractivity contribution in [1.29, 1.82) is 0 Å². The molecule has 123 valence electrons. The topological polar surface area (TPSA) is 54.0 Å². The highest BCUT2D eigenvalue weighted by Gasteiger charge is 2.19. The van der Waals surface area contributed by atoms with Crippen molar-refractivity contribution in [3.63, 3.8) is 0 Å². The average molecular weight is 309 g/mol. The van der Waals surface area contributed by atoms with E-state index < -0.39 is 5.97 Å². The van der Waals surface area contributed by atoms with Crippen LogP contribution in [0.4, 0.5) is 0 Å². The van der Waals surface area contributed by atoms with Gasteiger partial charge in [0, 0.05) is 0 Å². The number of benzene rings is 1. The third kappa shape index (κ3) is 5.56. The molecule has 1 radical (unpaired) electrons. The number of ether oxygens (including phenoxy) is 2. The lowest BCUT2D eigenvalue weighted by Gasteiger charge is -2.13. The number of carbonyl (C=O) groups excluding carboxylic acids is 1. The zero-order valence-corrected chi connectivity index (χ0v) is 13.8. The number of rotatable bonds is 10. The molecule has 0 saturated carbocycles. The second-order valence-electron chi connectivity index (χ2n) is 5.01. The van der Waals surface area contributed by atoms with Crippen LogP contribution in [0.3, 0.4) is 0 Å². The summed E-state index contributed by atoms with van der Waals surface area (Å²) in [5.74, 6) is 0.195. The molecule has 0 N–H and O–H groups in total. The summed E-state index contributed by atoms with van der Waals surface area (Å²) < 4.78 is 10.3. The first kappa shape index (κ1) is 18.3. The fourth-order valence-corrected chi connectivity index (χ4v) is 2.04. The van der Waals surface area contributed by atoms with Crippen LogP contribution in [0.2, 0.25) is 0 Å². The molecular weight excluding hydrogens is 284 g/mol.